The van der Waals surface area contributed by atoms with Gasteiger partial charge in [-0.15, -0.1) is 0 Å². The second kappa shape index (κ2) is 6.36. The lowest BCUT2D eigenvalue weighted by Gasteiger charge is -2.18. The Morgan fingerprint density at radius 2 is 2.29 bits per heavy atom. The molecule has 96 valence electrons. The number of anilines is 1. The third kappa shape index (κ3) is 3.83. The van der Waals surface area contributed by atoms with E-state index in [4.69, 9.17) is 5.11 Å². The summed E-state index contributed by atoms with van der Waals surface area (Å²) in [5.74, 6) is 0. The zero-order valence-corrected chi connectivity index (χ0v) is 10.2. The summed E-state index contributed by atoms with van der Waals surface area (Å²) < 4.78 is 1.14. The highest BCUT2D eigenvalue weighted by molar-refractivity contribution is 5.41. The van der Waals surface area contributed by atoms with Gasteiger partial charge in [-0.1, -0.05) is 6.92 Å². The molecule has 0 bridgehead atoms. The third-order valence-corrected chi connectivity index (χ3v) is 2.45. The predicted octanol–water partition coefficient (Wildman–Crippen LogP) is -0.557. The second-order valence-electron chi connectivity index (χ2n) is 3.99. The van der Waals surface area contributed by atoms with Crippen LogP contribution < -0.4 is 10.5 Å². The van der Waals surface area contributed by atoms with E-state index in [-0.39, 0.29) is 18.7 Å². The van der Waals surface area contributed by atoms with Crippen molar-refractivity contribution in [2.45, 2.75) is 26.0 Å². The highest BCUT2D eigenvalue weighted by Gasteiger charge is 2.08. The molecule has 0 amide bonds. The largest absolute Gasteiger partial charge is 0.394 e. The Balaban J connectivity index is 2.82. The van der Waals surface area contributed by atoms with Crippen LogP contribution in [0.1, 0.15) is 13.3 Å². The van der Waals surface area contributed by atoms with Crippen molar-refractivity contribution < 1.29 is 10.2 Å². The molecule has 0 saturated heterocycles. The van der Waals surface area contributed by atoms with E-state index in [1.165, 1.54) is 6.07 Å². The summed E-state index contributed by atoms with van der Waals surface area (Å²) in [6, 6.07) is 1.48. The fourth-order valence-electron chi connectivity index (χ4n) is 1.49. The molecule has 1 atom stereocenters. The second-order valence-corrected chi connectivity index (χ2v) is 3.99. The highest BCUT2D eigenvalue weighted by atomic mass is 16.3. The lowest BCUT2D eigenvalue weighted by Crippen LogP contribution is -2.31. The van der Waals surface area contributed by atoms with Crippen molar-refractivity contribution in [2.24, 2.45) is 0 Å². The topological polar surface area (TPSA) is 78.6 Å². The molecule has 0 aliphatic heterocycles. The van der Waals surface area contributed by atoms with Gasteiger partial charge >= 0.3 is 0 Å². The molecule has 1 unspecified atom stereocenters. The minimum atomic E-state index is -0.959. The average molecular weight is 241 g/mol. The number of nitrogens with zero attached hydrogens (tertiary/aromatic N) is 3. The maximum absolute atomic E-state index is 11.7. The summed E-state index contributed by atoms with van der Waals surface area (Å²) in [6.07, 6.45) is 1.61. The van der Waals surface area contributed by atoms with Gasteiger partial charge < -0.3 is 15.1 Å². The van der Waals surface area contributed by atoms with Gasteiger partial charge in [0.25, 0.3) is 5.56 Å². The molecule has 2 N–H and O–H groups in total. The van der Waals surface area contributed by atoms with E-state index < -0.39 is 6.10 Å². The molecule has 1 aromatic heterocycles. The molecule has 0 aliphatic carbocycles. The van der Waals surface area contributed by atoms with E-state index in [2.05, 4.69) is 12.0 Å². The van der Waals surface area contributed by atoms with Gasteiger partial charge in [0.15, 0.2) is 0 Å². The first-order valence-corrected chi connectivity index (χ1v) is 5.65. The van der Waals surface area contributed by atoms with Gasteiger partial charge in [-0.05, 0) is 6.42 Å². The zero-order valence-electron chi connectivity index (χ0n) is 10.2. The van der Waals surface area contributed by atoms with Crippen molar-refractivity contribution in [1.29, 1.82) is 0 Å². The fourth-order valence-corrected chi connectivity index (χ4v) is 1.49. The Labute approximate surface area is 100 Å². The molecule has 6 heteroatoms. The minimum Gasteiger partial charge on any atom is -0.394 e. The number of hydrogen-bond donors (Lipinski definition) is 2. The van der Waals surface area contributed by atoms with Gasteiger partial charge in [0.1, 0.15) is 0 Å². The molecule has 0 spiro atoms. The highest BCUT2D eigenvalue weighted by Crippen LogP contribution is 2.07. The number of rotatable bonds is 6. The van der Waals surface area contributed by atoms with Crippen molar-refractivity contribution in [2.75, 3.05) is 25.1 Å². The summed E-state index contributed by atoms with van der Waals surface area (Å²) in [4.78, 5) is 13.6. The molecule has 0 saturated carbocycles. The maximum Gasteiger partial charge on any atom is 0.268 e. The lowest BCUT2D eigenvalue weighted by atomic mass is 10.3. The van der Waals surface area contributed by atoms with Crippen LogP contribution in [0.15, 0.2) is 17.1 Å². The molecule has 1 heterocycles. The Morgan fingerprint density at radius 3 is 2.82 bits per heavy atom. The van der Waals surface area contributed by atoms with Gasteiger partial charge in [0, 0.05) is 19.7 Å². The first-order chi connectivity index (χ1) is 8.08. The maximum atomic E-state index is 11.7. The monoisotopic (exact) mass is 241 g/mol. The Bertz CT molecular complexity index is 405. The minimum absolute atomic E-state index is 0.00705. The van der Waals surface area contributed by atoms with Crippen LogP contribution in [0.25, 0.3) is 0 Å². The average Bonchev–Trinajstić information content (AvgIpc) is 2.31. The summed E-state index contributed by atoms with van der Waals surface area (Å²) in [5.41, 5.74) is 0.476. The third-order valence-electron chi connectivity index (χ3n) is 2.45. The molecule has 1 rings (SSSR count). The predicted molar refractivity (Wildman–Crippen MR) is 65.2 cm³/mol. The van der Waals surface area contributed by atoms with Crippen LogP contribution in [0.4, 0.5) is 5.69 Å². The van der Waals surface area contributed by atoms with Crippen molar-refractivity contribution in [3.63, 3.8) is 0 Å². The summed E-state index contributed by atoms with van der Waals surface area (Å²) >= 11 is 0. The van der Waals surface area contributed by atoms with Crippen LogP contribution in [0.5, 0.6) is 0 Å². The van der Waals surface area contributed by atoms with E-state index in [1.54, 1.807) is 6.20 Å². The first kappa shape index (κ1) is 13.7. The lowest BCUT2D eigenvalue weighted by molar-refractivity contribution is 0.0770. The van der Waals surface area contributed by atoms with Gasteiger partial charge in [-0.25, -0.2) is 4.68 Å². The Hall–Kier alpha value is -1.40. The van der Waals surface area contributed by atoms with Crippen LogP contribution in [0, 0.1) is 0 Å². The van der Waals surface area contributed by atoms with Crippen LogP contribution >= 0.6 is 0 Å². The molecule has 0 fully saturated rings. The number of aromatic nitrogens is 2. The van der Waals surface area contributed by atoms with Crippen LogP contribution in [-0.4, -0.2) is 46.3 Å². The molecular weight excluding hydrogens is 222 g/mol. The van der Waals surface area contributed by atoms with Crippen molar-refractivity contribution in [3.05, 3.63) is 22.6 Å². The van der Waals surface area contributed by atoms with E-state index in [9.17, 15) is 9.90 Å². The van der Waals surface area contributed by atoms with E-state index in [0.29, 0.717) is 0 Å². The first-order valence-electron chi connectivity index (χ1n) is 5.65. The molecule has 1 aromatic rings. The fraction of sp³-hybridized carbons (Fsp3) is 0.636. The normalized spacial score (nSPS) is 12.5. The van der Waals surface area contributed by atoms with Gasteiger partial charge in [-0.3, -0.25) is 4.79 Å². The molecule has 0 aromatic carbocycles. The number of aliphatic hydroxyl groups excluding tert-OH is 2. The standard InChI is InChI=1S/C11H19N3O3/c1-3-4-13(2)9-5-11(17)14(12-6-9)7-10(16)8-15/h5-6,10,15-16H,3-4,7-8H2,1-2H3. The zero-order chi connectivity index (χ0) is 12.8. The molecule has 17 heavy (non-hydrogen) atoms. The molecule has 0 aliphatic rings. The number of hydrogen-bond acceptors (Lipinski definition) is 5. The van der Waals surface area contributed by atoms with E-state index >= 15 is 0 Å². The van der Waals surface area contributed by atoms with Gasteiger partial charge in [0.2, 0.25) is 0 Å². The smallest absolute Gasteiger partial charge is 0.268 e. The van der Waals surface area contributed by atoms with Crippen molar-refractivity contribution >= 4 is 5.69 Å². The number of aliphatic hydroxyl groups is 2. The van der Waals surface area contributed by atoms with Crippen LogP contribution in [-0.2, 0) is 6.54 Å². The van der Waals surface area contributed by atoms with Crippen LogP contribution in [0.3, 0.4) is 0 Å². The van der Waals surface area contributed by atoms with E-state index in [1.807, 2.05) is 11.9 Å². The van der Waals surface area contributed by atoms with Crippen molar-refractivity contribution in [3.8, 4) is 0 Å². The Kier molecular flexibility index (Phi) is 5.11. The summed E-state index contributed by atoms with van der Waals surface area (Å²) in [7, 11) is 1.90. The summed E-state index contributed by atoms with van der Waals surface area (Å²) in [6.45, 7) is 2.53. The quantitative estimate of drug-likeness (QED) is 0.698. The molecule has 6 nitrogen and oxygen atoms in total. The SMILES string of the molecule is CCCN(C)c1cnn(CC(O)CO)c(=O)c1. The summed E-state index contributed by atoms with van der Waals surface area (Å²) in [5, 5.41) is 21.9. The van der Waals surface area contributed by atoms with Crippen LogP contribution in [0.2, 0.25) is 0 Å². The van der Waals surface area contributed by atoms with Gasteiger partial charge in [0.05, 0.1) is 31.1 Å². The Morgan fingerprint density at radius 1 is 1.59 bits per heavy atom. The van der Waals surface area contributed by atoms with Crippen molar-refractivity contribution in [1.82, 2.24) is 9.78 Å². The molecule has 0 radical (unpaired) electrons. The van der Waals surface area contributed by atoms with Gasteiger partial charge in [-0.2, -0.15) is 5.10 Å². The van der Waals surface area contributed by atoms with E-state index in [0.717, 1.165) is 23.3 Å². The molecular formula is C11H19N3O3.